The lowest BCUT2D eigenvalue weighted by Crippen LogP contribution is -2.29. The predicted molar refractivity (Wildman–Crippen MR) is 97.5 cm³/mol. The molecule has 0 radical (unpaired) electrons. The van der Waals surface area contributed by atoms with Gasteiger partial charge < -0.3 is 14.8 Å². The Hall–Kier alpha value is -3.68. The number of esters is 1. The van der Waals surface area contributed by atoms with E-state index in [1.807, 2.05) is 18.2 Å². The van der Waals surface area contributed by atoms with Gasteiger partial charge in [-0.3, -0.25) is 9.59 Å². The van der Waals surface area contributed by atoms with Crippen LogP contribution < -0.4 is 15.6 Å². The van der Waals surface area contributed by atoms with Gasteiger partial charge in [0.25, 0.3) is 11.5 Å². The fourth-order valence-electron chi connectivity index (χ4n) is 2.56. The summed E-state index contributed by atoms with van der Waals surface area (Å²) in [6, 6.07) is 13.8. The summed E-state index contributed by atoms with van der Waals surface area (Å²) in [4.78, 5) is 36.0. The number of aromatic nitrogens is 2. The first kappa shape index (κ1) is 18.1. The molecule has 8 heteroatoms. The van der Waals surface area contributed by atoms with Crippen molar-refractivity contribution in [2.45, 2.75) is 6.54 Å². The van der Waals surface area contributed by atoms with E-state index in [9.17, 15) is 14.4 Å². The molecule has 0 bridgehead atoms. The first-order valence-corrected chi connectivity index (χ1v) is 8.13. The van der Waals surface area contributed by atoms with Gasteiger partial charge in [-0.25, -0.2) is 9.89 Å². The highest BCUT2D eigenvalue weighted by molar-refractivity contribution is 6.02. The van der Waals surface area contributed by atoms with E-state index < -0.39 is 24.0 Å². The van der Waals surface area contributed by atoms with Crippen molar-refractivity contribution < 1.29 is 19.1 Å². The van der Waals surface area contributed by atoms with Crippen LogP contribution in [0.15, 0.2) is 53.3 Å². The number of para-hydroxylation sites is 1. The van der Waals surface area contributed by atoms with Crippen LogP contribution in [-0.4, -0.2) is 35.8 Å². The van der Waals surface area contributed by atoms with Crippen molar-refractivity contribution in [3.8, 4) is 5.75 Å². The smallest absolute Gasteiger partial charge is 0.359 e. The molecule has 0 aliphatic rings. The Morgan fingerprint density at radius 2 is 1.78 bits per heavy atom. The molecule has 0 aliphatic heterocycles. The molecular weight excluding hydrogens is 350 g/mol. The van der Waals surface area contributed by atoms with Crippen LogP contribution in [-0.2, 0) is 16.1 Å². The molecule has 8 nitrogen and oxygen atoms in total. The van der Waals surface area contributed by atoms with Crippen LogP contribution in [0.5, 0.6) is 5.75 Å². The zero-order valence-corrected chi connectivity index (χ0v) is 14.5. The van der Waals surface area contributed by atoms with Gasteiger partial charge in [0.15, 0.2) is 12.3 Å². The highest BCUT2D eigenvalue weighted by Crippen LogP contribution is 2.16. The Bertz CT molecular complexity index is 1040. The maximum atomic E-state index is 12.2. The highest BCUT2D eigenvalue weighted by Gasteiger charge is 2.16. The van der Waals surface area contributed by atoms with Gasteiger partial charge in [-0.2, -0.15) is 5.10 Å². The number of aromatic amines is 1. The number of H-pyrrole nitrogens is 1. The fourth-order valence-corrected chi connectivity index (χ4v) is 2.56. The van der Waals surface area contributed by atoms with Crippen molar-refractivity contribution in [2.75, 3.05) is 13.7 Å². The number of fused-ring (bicyclic) bond motifs is 1. The van der Waals surface area contributed by atoms with E-state index in [4.69, 9.17) is 9.47 Å². The molecule has 0 aliphatic carbocycles. The van der Waals surface area contributed by atoms with Crippen molar-refractivity contribution in [3.05, 3.63) is 70.1 Å². The van der Waals surface area contributed by atoms with Crippen LogP contribution in [0.3, 0.4) is 0 Å². The molecule has 27 heavy (non-hydrogen) atoms. The van der Waals surface area contributed by atoms with Gasteiger partial charge in [0, 0.05) is 17.5 Å². The maximum absolute atomic E-state index is 12.2. The highest BCUT2D eigenvalue weighted by atomic mass is 16.5. The molecule has 2 N–H and O–H groups in total. The lowest BCUT2D eigenvalue weighted by atomic mass is 10.1. The number of hydrogen-bond acceptors (Lipinski definition) is 6. The van der Waals surface area contributed by atoms with E-state index >= 15 is 0 Å². The van der Waals surface area contributed by atoms with Gasteiger partial charge in [-0.15, -0.1) is 0 Å². The van der Waals surface area contributed by atoms with E-state index in [2.05, 4.69) is 15.5 Å². The molecule has 0 atom stereocenters. The molecule has 1 amide bonds. The number of benzene rings is 2. The van der Waals surface area contributed by atoms with Crippen LogP contribution >= 0.6 is 0 Å². The second-order valence-electron chi connectivity index (χ2n) is 5.61. The second-order valence-corrected chi connectivity index (χ2v) is 5.61. The lowest BCUT2D eigenvalue weighted by molar-refractivity contribution is -0.124. The third-order valence-corrected chi connectivity index (χ3v) is 3.89. The molecular formula is C19H17N3O5. The van der Waals surface area contributed by atoms with Crippen molar-refractivity contribution >= 4 is 22.6 Å². The van der Waals surface area contributed by atoms with Crippen LogP contribution in [0.25, 0.3) is 10.8 Å². The van der Waals surface area contributed by atoms with E-state index in [-0.39, 0.29) is 12.2 Å². The third kappa shape index (κ3) is 4.12. The summed E-state index contributed by atoms with van der Waals surface area (Å²) in [7, 11) is 1.55. The molecule has 3 aromatic rings. The minimum Gasteiger partial charge on any atom is -0.496 e. The summed E-state index contributed by atoms with van der Waals surface area (Å²) < 4.78 is 10.2. The fraction of sp³-hybridized carbons (Fsp3) is 0.158. The molecule has 2 aromatic carbocycles. The number of ether oxygens (including phenoxy) is 2. The maximum Gasteiger partial charge on any atom is 0.359 e. The minimum atomic E-state index is -0.796. The van der Waals surface area contributed by atoms with Gasteiger partial charge in [0.2, 0.25) is 0 Å². The topological polar surface area (TPSA) is 110 Å². The zero-order valence-electron chi connectivity index (χ0n) is 14.5. The van der Waals surface area contributed by atoms with Crippen LogP contribution in [0.1, 0.15) is 16.1 Å². The molecule has 0 fully saturated rings. The number of nitrogens with zero attached hydrogens (tertiary/aromatic N) is 1. The third-order valence-electron chi connectivity index (χ3n) is 3.89. The predicted octanol–water partition coefficient (Wildman–Crippen LogP) is 1.40. The van der Waals surface area contributed by atoms with Gasteiger partial charge in [-0.05, 0) is 12.1 Å². The Kier molecular flexibility index (Phi) is 5.46. The molecule has 138 valence electrons. The SMILES string of the molecule is COc1ccccc1CNC(=O)COC(=O)c1n[nH]c(=O)c2ccccc12. The number of carbonyl (C=O) groups excluding carboxylic acids is 2. The monoisotopic (exact) mass is 367 g/mol. The quantitative estimate of drug-likeness (QED) is 0.637. The van der Waals surface area contributed by atoms with Crippen molar-refractivity contribution in [1.82, 2.24) is 15.5 Å². The van der Waals surface area contributed by atoms with Gasteiger partial charge in [0.1, 0.15) is 5.75 Å². The summed E-state index contributed by atoms with van der Waals surface area (Å²) in [6.07, 6.45) is 0. The average molecular weight is 367 g/mol. The van der Waals surface area contributed by atoms with E-state index in [1.54, 1.807) is 37.4 Å². The van der Waals surface area contributed by atoms with Crippen molar-refractivity contribution in [3.63, 3.8) is 0 Å². The van der Waals surface area contributed by atoms with Crippen LogP contribution in [0.2, 0.25) is 0 Å². The Labute approximate surface area is 154 Å². The van der Waals surface area contributed by atoms with Gasteiger partial charge in [-0.1, -0.05) is 36.4 Å². The van der Waals surface area contributed by atoms with Gasteiger partial charge in [0.05, 0.1) is 12.5 Å². The molecule has 1 heterocycles. The van der Waals surface area contributed by atoms with Gasteiger partial charge >= 0.3 is 5.97 Å². The van der Waals surface area contributed by atoms with E-state index in [0.717, 1.165) is 5.56 Å². The van der Waals surface area contributed by atoms with Crippen LogP contribution in [0, 0.1) is 0 Å². The number of rotatable bonds is 6. The lowest BCUT2D eigenvalue weighted by Gasteiger charge is -2.10. The molecule has 3 rings (SSSR count). The first-order chi connectivity index (χ1) is 13.1. The Balaban J connectivity index is 1.62. The Morgan fingerprint density at radius 1 is 1.07 bits per heavy atom. The normalized spacial score (nSPS) is 10.4. The number of methoxy groups -OCH3 is 1. The summed E-state index contributed by atoms with van der Waals surface area (Å²) in [6.45, 7) is -0.233. The van der Waals surface area contributed by atoms with E-state index in [0.29, 0.717) is 16.5 Å². The summed E-state index contributed by atoms with van der Waals surface area (Å²) in [5.41, 5.74) is 0.340. The summed E-state index contributed by atoms with van der Waals surface area (Å²) in [5, 5.41) is 9.32. The number of amides is 1. The summed E-state index contributed by atoms with van der Waals surface area (Å²) in [5.74, 6) is -0.614. The second kappa shape index (κ2) is 8.13. The Morgan fingerprint density at radius 3 is 2.56 bits per heavy atom. The standard InChI is InChI=1S/C19H17N3O5/c1-26-15-9-5-2-6-12(15)10-20-16(23)11-27-19(25)17-13-7-3-4-8-14(13)18(24)22-21-17/h2-9H,10-11H2,1H3,(H,20,23)(H,22,24). The van der Waals surface area contributed by atoms with Crippen LogP contribution in [0.4, 0.5) is 0 Å². The number of nitrogens with one attached hydrogen (secondary N) is 2. The molecule has 0 saturated heterocycles. The molecule has 0 spiro atoms. The zero-order chi connectivity index (χ0) is 19.2. The number of carbonyl (C=O) groups is 2. The number of hydrogen-bond donors (Lipinski definition) is 2. The minimum absolute atomic E-state index is 0.0530. The summed E-state index contributed by atoms with van der Waals surface area (Å²) >= 11 is 0. The largest absolute Gasteiger partial charge is 0.496 e. The molecule has 0 saturated carbocycles. The average Bonchev–Trinajstić information content (AvgIpc) is 2.71. The molecule has 0 unspecified atom stereocenters. The first-order valence-electron chi connectivity index (χ1n) is 8.13. The van der Waals surface area contributed by atoms with Crippen molar-refractivity contribution in [1.29, 1.82) is 0 Å². The molecule has 1 aromatic heterocycles. The van der Waals surface area contributed by atoms with E-state index in [1.165, 1.54) is 0 Å². The van der Waals surface area contributed by atoms with Crippen molar-refractivity contribution in [2.24, 2.45) is 0 Å².